The molecule has 0 spiro atoms. The van der Waals surface area contributed by atoms with Crippen molar-refractivity contribution in [2.24, 2.45) is 13.0 Å². The second-order valence-corrected chi connectivity index (χ2v) is 17.2. The first kappa shape index (κ1) is 43.9. The molecule has 1 aromatic carbocycles. The number of halogens is 3. The van der Waals surface area contributed by atoms with Crippen molar-refractivity contribution in [2.45, 2.75) is 88.1 Å². The number of nitrogens with zero attached hydrogens (tertiary/aromatic N) is 10. The molecule has 4 atom stereocenters. The molecule has 4 aliphatic rings. The summed E-state index contributed by atoms with van der Waals surface area (Å²) in [7, 11) is 1.79. The predicted molar refractivity (Wildman–Crippen MR) is 230 cm³/mol. The number of para-hydroxylation sites is 1. The zero-order valence-corrected chi connectivity index (χ0v) is 35.8. The van der Waals surface area contributed by atoms with E-state index in [1.54, 1.807) is 24.0 Å². The number of nitrogens with one attached hydrogen (secondary N) is 2. The quantitative estimate of drug-likeness (QED) is 0.136. The van der Waals surface area contributed by atoms with E-state index in [0.29, 0.717) is 74.9 Å². The van der Waals surface area contributed by atoms with E-state index in [0.717, 1.165) is 30.3 Å². The average molecular weight is 895 g/mol. The molecule has 7 heterocycles. The van der Waals surface area contributed by atoms with Crippen molar-refractivity contribution in [1.29, 1.82) is 5.26 Å². The number of benzene rings is 1. The predicted octanol–water partition coefficient (Wildman–Crippen LogP) is 4.85. The molecule has 4 fully saturated rings. The van der Waals surface area contributed by atoms with Gasteiger partial charge in [0.05, 0.1) is 71.9 Å². The van der Waals surface area contributed by atoms with Gasteiger partial charge in [0.2, 0.25) is 11.8 Å². The third-order valence-electron chi connectivity index (χ3n) is 12.9. The van der Waals surface area contributed by atoms with Crippen LogP contribution in [-0.4, -0.2) is 121 Å². The number of morpholine rings is 1. The van der Waals surface area contributed by atoms with Crippen LogP contribution in [0.15, 0.2) is 42.9 Å². The van der Waals surface area contributed by atoms with Crippen LogP contribution in [0.5, 0.6) is 0 Å². The molecule has 17 nitrogen and oxygen atoms in total. The Labute approximate surface area is 372 Å². The number of aryl methyl sites for hydroxylation is 1. The number of hydrogen-bond donors (Lipinski definition) is 2. The molecule has 65 heavy (non-hydrogen) atoms. The highest BCUT2D eigenvalue weighted by molar-refractivity contribution is 6.08. The van der Waals surface area contributed by atoms with Gasteiger partial charge in [-0.1, -0.05) is 24.0 Å². The molecule has 3 saturated heterocycles. The second-order valence-electron chi connectivity index (χ2n) is 17.2. The van der Waals surface area contributed by atoms with Crippen LogP contribution in [0.1, 0.15) is 97.1 Å². The van der Waals surface area contributed by atoms with Gasteiger partial charge in [0.1, 0.15) is 24.2 Å². The van der Waals surface area contributed by atoms with Gasteiger partial charge in [-0.25, -0.2) is 22.7 Å². The Bertz CT molecular complexity index is 2690. The number of nitriles is 1. The highest BCUT2D eigenvalue weighted by atomic mass is 19.3. The van der Waals surface area contributed by atoms with Gasteiger partial charge < -0.3 is 19.7 Å². The van der Waals surface area contributed by atoms with Crippen molar-refractivity contribution in [3.63, 3.8) is 0 Å². The number of likely N-dealkylation sites (tertiary alicyclic amines) is 1. The minimum atomic E-state index is -2.92. The average Bonchev–Trinajstić information content (AvgIpc) is 4.02. The van der Waals surface area contributed by atoms with E-state index >= 15 is 4.39 Å². The Morgan fingerprint density at radius 1 is 1.09 bits per heavy atom. The Kier molecular flexibility index (Phi) is 12.8. The number of alkyl halides is 3. The Hall–Kier alpha value is -6.35. The van der Waals surface area contributed by atoms with Gasteiger partial charge in [0.15, 0.2) is 11.3 Å². The summed E-state index contributed by atoms with van der Waals surface area (Å²) < 4.78 is 60.4. The summed E-state index contributed by atoms with van der Waals surface area (Å²) in [5.74, 6) is 5.26. The fourth-order valence-corrected chi connectivity index (χ4v) is 9.60. The highest BCUT2D eigenvalue weighted by Crippen LogP contribution is 2.36. The first-order valence-electron chi connectivity index (χ1n) is 22.1. The molecule has 0 radical (unpaired) electrons. The topological polar surface area (TPSA) is 190 Å². The second kappa shape index (κ2) is 19.0. The lowest BCUT2D eigenvalue weighted by atomic mass is 9.85. The fraction of sp³-hybridized carbons (Fsp3) is 0.511. The van der Waals surface area contributed by atoms with Gasteiger partial charge in [-0.15, -0.1) is 0 Å². The van der Waals surface area contributed by atoms with Crippen molar-refractivity contribution in [3.8, 4) is 17.9 Å². The molecule has 4 aromatic heterocycles. The Morgan fingerprint density at radius 3 is 2.72 bits per heavy atom. The minimum Gasteiger partial charge on any atom is -0.373 e. The third kappa shape index (κ3) is 9.42. The molecule has 0 bridgehead atoms. The Balaban J connectivity index is 0.756. The number of piperidine rings is 2. The lowest BCUT2D eigenvalue weighted by molar-refractivity contribution is -0.134. The van der Waals surface area contributed by atoms with Crippen LogP contribution in [0.4, 0.5) is 24.7 Å². The van der Waals surface area contributed by atoms with Gasteiger partial charge in [0.25, 0.3) is 12.3 Å². The lowest BCUT2D eigenvalue weighted by Crippen LogP contribution is -2.47. The number of fused-ring (bicyclic) bond motifs is 2. The number of hydrogen-bond acceptors (Lipinski definition) is 12. The standard InChI is InChI=1S/C45H49F3N12O5/c1-56-41-28(4-2-6-31(41)39(54-56)32-11-12-38(61)53-44(32)62)5-3-20-65-36-14-17-57(25-34(36)46)23-27-7-9-29(10-8-27)60-26-35(40(55-60)42(47)48)51-45(63)33-22-50-59-18-15-37(52-43(33)59)58-19-21-64-30(24-58)13-16-49/h2,4,6,15,18,22,26-27,29-30,32,34,36,42H,7-14,17,19-21,23-25H2,1H3,(H,51,63)(H,53,61,62)/t27?,29?,30-,32?,34+,36-/m0/s1. The molecule has 1 saturated carbocycles. The van der Waals surface area contributed by atoms with Crippen LogP contribution in [0.25, 0.3) is 16.6 Å². The molecule has 3 amide bonds. The number of rotatable bonds is 11. The number of aromatic nitrogens is 7. The summed E-state index contributed by atoms with van der Waals surface area (Å²) in [6.45, 7) is 3.13. The molecule has 9 rings (SSSR count). The van der Waals surface area contributed by atoms with Crippen molar-refractivity contribution < 1.29 is 37.0 Å². The van der Waals surface area contributed by atoms with Gasteiger partial charge >= 0.3 is 0 Å². The van der Waals surface area contributed by atoms with Crippen molar-refractivity contribution in [2.75, 3.05) is 56.2 Å². The highest BCUT2D eigenvalue weighted by Gasteiger charge is 2.34. The summed E-state index contributed by atoms with van der Waals surface area (Å²) in [5.41, 5.74) is 1.87. The summed E-state index contributed by atoms with van der Waals surface area (Å²) in [6.07, 6.45) is 3.97. The molecule has 5 aromatic rings. The molecule has 1 unspecified atom stereocenters. The van der Waals surface area contributed by atoms with Gasteiger partial charge in [-0.2, -0.15) is 20.6 Å². The van der Waals surface area contributed by atoms with Crippen LogP contribution in [0.2, 0.25) is 0 Å². The van der Waals surface area contributed by atoms with Gasteiger partial charge in [-0.05, 0) is 56.6 Å². The number of amides is 3. The maximum Gasteiger partial charge on any atom is 0.284 e. The van der Waals surface area contributed by atoms with E-state index in [9.17, 15) is 23.2 Å². The van der Waals surface area contributed by atoms with E-state index in [1.807, 2.05) is 23.1 Å². The minimum absolute atomic E-state index is 0.0511. The van der Waals surface area contributed by atoms with E-state index in [4.69, 9.17) is 14.7 Å². The zero-order valence-electron chi connectivity index (χ0n) is 35.8. The molecule has 2 N–H and O–H groups in total. The normalized spacial score (nSPS) is 24.2. The molecular weight excluding hydrogens is 846 g/mol. The molecule has 1 aliphatic carbocycles. The van der Waals surface area contributed by atoms with E-state index in [2.05, 4.69) is 53.7 Å². The van der Waals surface area contributed by atoms with Crippen molar-refractivity contribution in [1.82, 2.24) is 44.4 Å². The summed E-state index contributed by atoms with van der Waals surface area (Å²) in [4.78, 5) is 46.6. The summed E-state index contributed by atoms with van der Waals surface area (Å²) >= 11 is 0. The SMILES string of the molecule is Cn1nc(C2CCC(=O)NC2=O)c2cccc(C#CCO[C@H]3CCN(CC4CCC(n5cc(NC(=O)c6cnn7ccc(N8CCO[C@@H](CC#N)C8)nc67)c(C(F)F)n5)CC4)C[C@H]3F)c21. The molecular formula is C45H49F3N12O5. The number of carbonyl (C=O) groups excluding carboxylic acids is 3. The van der Waals surface area contributed by atoms with Crippen molar-refractivity contribution >= 4 is 45.8 Å². The smallest absolute Gasteiger partial charge is 0.284 e. The van der Waals surface area contributed by atoms with Crippen LogP contribution < -0.4 is 15.5 Å². The molecule has 20 heteroatoms. The zero-order chi connectivity index (χ0) is 45.2. The largest absolute Gasteiger partial charge is 0.373 e. The fourth-order valence-electron chi connectivity index (χ4n) is 9.60. The van der Waals surface area contributed by atoms with Crippen LogP contribution in [0, 0.1) is 29.1 Å². The third-order valence-corrected chi connectivity index (χ3v) is 12.9. The van der Waals surface area contributed by atoms with Crippen LogP contribution in [-0.2, 0) is 26.1 Å². The van der Waals surface area contributed by atoms with E-state index < -0.39 is 36.2 Å². The number of anilines is 2. The van der Waals surface area contributed by atoms with Gasteiger partial charge in [0, 0.05) is 64.0 Å². The monoisotopic (exact) mass is 894 g/mol. The first-order chi connectivity index (χ1) is 31.5. The maximum atomic E-state index is 15.5. The van der Waals surface area contributed by atoms with E-state index in [-0.39, 0.29) is 66.9 Å². The van der Waals surface area contributed by atoms with Crippen LogP contribution in [0.3, 0.4) is 0 Å². The first-order valence-corrected chi connectivity index (χ1v) is 22.1. The number of imide groups is 1. The summed E-state index contributed by atoms with van der Waals surface area (Å²) in [6, 6.07) is 9.35. The van der Waals surface area contributed by atoms with E-state index in [1.165, 1.54) is 21.6 Å². The molecule has 3 aliphatic heterocycles. The van der Waals surface area contributed by atoms with Crippen molar-refractivity contribution in [3.05, 3.63) is 65.4 Å². The maximum absolute atomic E-state index is 15.5. The Morgan fingerprint density at radius 2 is 1.94 bits per heavy atom. The molecule has 340 valence electrons. The summed E-state index contributed by atoms with van der Waals surface area (Å²) in [5, 5.41) is 28.0. The lowest BCUT2D eigenvalue weighted by Gasteiger charge is -2.38. The number of ether oxygens (including phenoxy) is 2. The van der Waals surface area contributed by atoms with Gasteiger partial charge in [-0.3, -0.25) is 34.0 Å². The number of carbonyl (C=O) groups is 3. The van der Waals surface area contributed by atoms with Crippen LogP contribution >= 0.6 is 0 Å².